The molecule has 0 unspecified atom stereocenters. The molecule has 0 bridgehead atoms. The van der Waals surface area contributed by atoms with Gasteiger partial charge in [-0.1, -0.05) is 12.1 Å². The first-order valence-corrected chi connectivity index (χ1v) is 7.60. The second kappa shape index (κ2) is 7.61. The molecule has 0 spiro atoms. The van der Waals surface area contributed by atoms with E-state index in [9.17, 15) is 14.4 Å². The number of nitrogens with two attached hydrogens (primary N) is 1. The van der Waals surface area contributed by atoms with E-state index in [2.05, 4.69) is 5.10 Å². The first-order chi connectivity index (χ1) is 11.9. The Balaban J connectivity index is 2.33. The van der Waals surface area contributed by atoms with Gasteiger partial charge in [0.25, 0.3) is 5.56 Å². The van der Waals surface area contributed by atoms with Gasteiger partial charge in [-0.25, -0.2) is 9.48 Å². The van der Waals surface area contributed by atoms with Crippen LogP contribution in [0.4, 0.5) is 5.69 Å². The van der Waals surface area contributed by atoms with Gasteiger partial charge in [-0.05, 0) is 31.5 Å². The molecule has 25 heavy (non-hydrogen) atoms. The van der Waals surface area contributed by atoms with Gasteiger partial charge in [-0.3, -0.25) is 9.59 Å². The molecule has 8 heteroatoms. The molecule has 0 aliphatic heterocycles. The maximum absolute atomic E-state index is 12.4. The average Bonchev–Trinajstić information content (AvgIpc) is 2.61. The third-order valence-corrected chi connectivity index (χ3v) is 3.54. The van der Waals surface area contributed by atoms with Crippen molar-refractivity contribution in [1.29, 1.82) is 0 Å². The number of carbonyl (C=O) groups is 2. The van der Waals surface area contributed by atoms with Gasteiger partial charge in [0, 0.05) is 6.54 Å². The summed E-state index contributed by atoms with van der Waals surface area (Å²) >= 11 is 0. The van der Waals surface area contributed by atoms with Crippen LogP contribution >= 0.6 is 0 Å². The highest BCUT2D eigenvalue weighted by atomic mass is 16.5. The molecule has 1 aromatic heterocycles. The van der Waals surface area contributed by atoms with E-state index in [4.69, 9.17) is 15.2 Å². The first-order valence-electron chi connectivity index (χ1n) is 7.60. The predicted octanol–water partition coefficient (Wildman–Crippen LogP) is 1.41. The van der Waals surface area contributed by atoms with Gasteiger partial charge in [0.15, 0.2) is 11.5 Å². The van der Waals surface area contributed by atoms with Crippen LogP contribution in [-0.4, -0.2) is 28.6 Å². The predicted molar refractivity (Wildman–Crippen MR) is 90.7 cm³/mol. The van der Waals surface area contributed by atoms with Gasteiger partial charge < -0.3 is 15.2 Å². The monoisotopic (exact) mass is 345 g/mol. The van der Waals surface area contributed by atoms with Crippen LogP contribution in [-0.2, 0) is 17.9 Å². The standard InChI is InChI=1S/C17H19N3O5/c1-4-20-16(22)14(18)13(10(2)21)15(19-20)17(23)25-9-11-6-5-7-12(8-11)24-3/h5-8H,4,9,18H2,1-3H3. The van der Waals surface area contributed by atoms with Gasteiger partial charge in [-0.2, -0.15) is 5.10 Å². The molecular weight excluding hydrogens is 326 g/mol. The molecule has 0 amide bonds. The van der Waals surface area contributed by atoms with Crippen LogP contribution in [0.25, 0.3) is 0 Å². The van der Waals surface area contributed by atoms with Gasteiger partial charge >= 0.3 is 5.97 Å². The molecule has 1 aromatic carbocycles. The molecule has 0 radical (unpaired) electrons. The summed E-state index contributed by atoms with van der Waals surface area (Å²) in [6.45, 7) is 3.05. The van der Waals surface area contributed by atoms with Crippen molar-refractivity contribution in [2.45, 2.75) is 27.0 Å². The molecule has 0 atom stereocenters. The first kappa shape index (κ1) is 18.2. The maximum Gasteiger partial charge on any atom is 0.359 e. The maximum atomic E-state index is 12.4. The highest BCUT2D eigenvalue weighted by Crippen LogP contribution is 2.16. The Hall–Kier alpha value is -3.16. The van der Waals surface area contributed by atoms with Crippen LogP contribution in [0.2, 0.25) is 0 Å². The van der Waals surface area contributed by atoms with E-state index >= 15 is 0 Å². The molecule has 8 nitrogen and oxygen atoms in total. The van der Waals surface area contributed by atoms with E-state index < -0.39 is 17.3 Å². The molecule has 2 rings (SSSR count). The SMILES string of the molecule is CCn1nc(C(=O)OCc2cccc(OC)c2)c(C(C)=O)c(N)c1=O. The van der Waals surface area contributed by atoms with E-state index in [0.717, 1.165) is 4.68 Å². The zero-order valence-electron chi connectivity index (χ0n) is 14.2. The van der Waals surface area contributed by atoms with Crippen LogP contribution in [0.15, 0.2) is 29.1 Å². The number of hydrogen-bond acceptors (Lipinski definition) is 7. The molecule has 0 saturated carbocycles. The number of anilines is 1. The number of esters is 1. The zero-order valence-corrected chi connectivity index (χ0v) is 14.2. The zero-order chi connectivity index (χ0) is 18.6. The average molecular weight is 345 g/mol. The summed E-state index contributed by atoms with van der Waals surface area (Å²) in [6.07, 6.45) is 0. The smallest absolute Gasteiger partial charge is 0.359 e. The number of nitrogens with zero attached hydrogens (tertiary/aromatic N) is 2. The largest absolute Gasteiger partial charge is 0.497 e. The van der Waals surface area contributed by atoms with Crippen molar-refractivity contribution >= 4 is 17.4 Å². The Morgan fingerprint density at radius 2 is 2.04 bits per heavy atom. The van der Waals surface area contributed by atoms with Crippen molar-refractivity contribution in [3.05, 3.63) is 51.4 Å². The number of hydrogen-bond donors (Lipinski definition) is 1. The minimum atomic E-state index is -0.832. The fourth-order valence-corrected chi connectivity index (χ4v) is 2.28. The summed E-state index contributed by atoms with van der Waals surface area (Å²) in [7, 11) is 1.53. The minimum absolute atomic E-state index is 0.0415. The van der Waals surface area contributed by atoms with E-state index in [1.165, 1.54) is 14.0 Å². The van der Waals surface area contributed by atoms with E-state index in [1.54, 1.807) is 31.2 Å². The lowest BCUT2D eigenvalue weighted by molar-refractivity contribution is 0.0459. The number of ketones is 1. The molecule has 0 fully saturated rings. The number of nitrogen functional groups attached to an aromatic ring is 1. The Morgan fingerprint density at radius 3 is 2.64 bits per heavy atom. The fraction of sp³-hybridized carbons (Fsp3) is 0.294. The molecular formula is C17H19N3O5. The summed E-state index contributed by atoms with van der Waals surface area (Å²) in [5, 5.41) is 3.92. The molecule has 1 heterocycles. The summed E-state index contributed by atoms with van der Waals surface area (Å²) in [5.74, 6) is -0.736. The van der Waals surface area contributed by atoms with Crippen molar-refractivity contribution in [1.82, 2.24) is 9.78 Å². The second-order valence-corrected chi connectivity index (χ2v) is 5.24. The van der Waals surface area contributed by atoms with Gasteiger partial charge in [0.1, 0.15) is 18.0 Å². The van der Waals surface area contributed by atoms with Gasteiger partial charge in [-0.15, -0.1) is 0 Å². The number of carbonyl (C=O) groups excluding carboxylic acids is 2. The van der Waals surface area contributed by atoms with Crippen LogP contribution in [0.3, 0.4) is 0 Å². The van der Waals surface area contributed by atoms with E-state index in [-0.39, 0.29) is 30.1 Å². The lowest BCUT2D eigenvalue weighted by Crippen LogP contribution is -2.31. The number of aryl methyl sites for hydroxylation is 1. The summed E-state index contributed by atoms with van der Waals surface area (Å²) in [6, 6.07) is 7.00. The molecule has 2 aromatic rings. The number of ether oxygens (including phenoxy) is 2. The Labute approximate surface area is 144 Å². The topological polar surface area (TPSA) is 114 Å². The Morgan fingerprint density at radius 1 is 1.32 bits per heavy atom. The number of methoxy groups -OCH3 is 1. The van der Waals surface area contributed by atoms with Crippen molar-refractivity contribution < 1.29 is 19.1 Å². The third-order valence-electron chi connectivity index (χ3n) is 3.54. The third kappa shape index (κ3) is 3.85. The molecule has 132 valence electrons. The van der Waals surface area contributed by atoms with Crippen molar-refractivity contribution in [3.8, 4) is 5.75 Å². The highest BCUT2D eigenvalue weighted by molar-refractivity contribution is 6.07. The van der Waals surface area contributed by atoms with Crippen LogP contribution in [0.1, 0.15) is 40.3 Å². The fourth-order valence-electron chi connectivity index (χ4n) is 2.28. The van der Waals surface area contributed by atoms with Gasteiger partial charge in [0.2, 0.25) is 0 Å². The molecule has 0 saturated heterocycles. The number of aromatic nitrogens is 2. The lowest BCUT2D eigenvalue weighted by Gasteiger charge is -2.12. The normalized spacial score (nSPS) is 10.4. The van der Waals surface area contributed by atoms with Crippen molar-refractivity contribution in [2.75, 3.05) is 12.8 Å². The van der Waals surface area contributed by atoms with Crippen molar-refractivity contribution in [2.24, 2.45) is 0 Å². The molecule has 0 aliphatic rings. The van der Waals surface area contributed by atoms with Gasteiger partial charge in [0.05, 0.1) is 12.7 Å². The molecule has 2 N–H and O–H groups in total. The number of benzene rings is 1. The quantitative estimate of drug-likeness (QED) is 0.622. The number of rotatable bonds is 6. The van der Waals surface area contributed by atoms with Crippen LogP contribution in [0, 0.1) is 0 Å². The summed E-state index contributed by atoms with van der Waals surface area (Å²) in [5.41, 5.74) is 5.02. The van der Waals surface area contributed by atoms with E-state index in [0.29, 0.717) is 11.3 Å². The second-order valence-electron chi connectivity index (χ2n) is 5.24. The summed E-state index contributed by atoms with van der Waals surface area (Å²) in [4.78, 5) is 36.2. The Kier molecular flexibility index (Phi) is 5.53. The van der Waals surface area contributed by atoms with Crippen LogP contribution < -0.4 is 16.0 Å². The minimum Gasteiger partial charge on any atom is -0.497 e. The number of Topliss-reactive ketones (excluding diaryl/α,β-unsaturated/α-hetero) is 1. The highest BCUT2D eigenvalue weighted by Gasteiger charge is 2.24. The van der Waals surface area contributed by atoms with E-state index in [1.807, 2.05) is 0 Å². The van der Waals surface area contributed by atoms with Crippen molar-refractivity contribution in [3.63, 3.8) is 0 Å². The molecule has 0 aliphatic carbocycles. The lowest BCUT2D eigenvalue weighted by atomic mass is 10.1. The van der Waals surface area contributed by atoms with Crippen LogP contribution in [0.5, 0.6) is 5.75 Å². The Bertz CT molecular complexity index is 873. The summed E-state index contributed by atoms with van der Waals surface area (Å²) < 4.78 is 11.3.